The highest BCUT2D eigenvalue weighted by Crippen LogP contribution is 2.35. The lowest BCUT2D eigenvalue weighted by Crippen LogP contribution is -2.42. The summed E-state index contributed by atoms with van der Waals surface area (Å²) >= 11 is 1.69. The Kier molecular flexibility index (Phi) is 3.87. The molecule has 96 valence electrons. The maximum atomic E-state index is 11.1. The van der Waals surface area contributed by atoms with Crippen molar-refractivity contribution < 1.29 is 4.79 Å². The van der Waals surface area contributed by atoms with Crippen molar-refractivity contribution in [1.29, 1.82) is 5.26 Å². The number of aryl methyl sites for hydroxylation is 1. The van der Waals surface area contributed by atoms with Crippen molar-refractivity contribution in [2.24, 2.45) is 11.7 Å². The van der Waals surface area contributed by atoms with Gasteiger partial charge in [0.2, 0.25) is 0 Å². The molecule has 0 spiro atoms. The van der Waals surface area contributed by atoms with Crippen LogP contribution in [-0.2, 0) is 0 Å². The Bertz CT molecular complexity index is 469. The molecule has 2 N–H and O–H groups in total. The van der Waals surface area contributed by atoms with Crippen LogP contribution in [0.25, 0.3) is 0 Å². The number of likely N-dealkylation sites (tertiary alicyclic amines) is 1. The Hall–Kier alpha value is -1.54. The molecule has 1 aromatic rings. The van der Waals surface area contributed by atoms with Gasteiger partial charge in [0.25, 0.3) is 0 Å². The fourth-order valence-corrected chi connectivity index (χ4v) is 3.49. The van der Waals surface area contributed by atoms with Gasteiger partial charge < -0.3 is 10.6 Å². The normalized spacial score (nSPS) is 18.3. The summed E-state index contributed by atoms with van der Waals surface area (Å²) < 4.78 is 0. The molecule has 1 aliphatic heterocycles. The second kappa shape index (κ2) is 5.40. The molecule has 2 rings (SSSR count). The number of amides is 2. The maximum Gasteiger partial charge on any atom is 0.314 e. The van der Waals surface area contributed by atoms with Crippen LogP contribution in [0.4, 0.5) is 4.79 Å². The standard InChI is InChI=1S/C13H17N3OS/c1-9-2-3-12(18-9)11(8-14)10-4-6-16(7-5-10)13(15)17/h2-3,10-11H,4-7H2,1H3,(H2,15,17). The number of nitriles is 1. The first-order valence-electron chi connectivity index (χ1n) is 6.12. The van der Waals surface area contributed by atoms with Crippen LogP contribution in [0.5, 0.6) is 0 Å². The van der Waals surface area contributed by atoms with E-state index in [9.17, 15) is 10.1 Å². The van der Waals surface area contributed by atoms with Crippen LogP contribution in [0.2, 0.25) is 0 Å². The summed E-state index contributed by atoms with van der Waals surface area (Å²) in [5.41, 5.74) is 5.26. The third-order valence-corrected chi connectivity index (χ3v) is 4.61. The smallest absolute Gasteiger partial charge is 0.314 e. The van der Waals surface area contributed by atoms with Gasteiger partial charge in [0, 0.05) is 22.8 Å². The molecule has 1 aromatic heterocycles. The number of hydrogen-bond donors (Lipinski definition) is 1. The molecule has 1 aliphatic rings. The lowest BCUT2D eigenvalue weighted by Gasteiger charge is -2.32. The van der Waals surface area contributed by atoms with Crippen LogP contribution in [0.15, 0.2) is 12.1 Å². The molecule has 4 nitrogen and oxygen atoms in total. The van der Waals surface area contributed by atoms with Crippen molar-refractivity contribution in [3.63, 3.8) is 0 Å². The lowest BCUT2D eigenvalue weighted by atomic mass is 9.84. The summed E-state index contributed by atoms with van der Waals surface area (Å²) in [6.07, 6.45) is 1.72. The molecule has 1 fully saturated rings. The highest BCUT2D eigenvalue weighted by Gasteiger charge is 2.29. The molecule has 0 radical (unpaired) electrons. The second-order valence-electron chi connectivity index (χ2n) is 4.72. The van der Waals surface area contributed by atoms with Gasteiger partial charge >= 0.3 is 6.03 Å². The number of thiophene rings is 1. The van der Waals surface area contributed by atoms with Gasteiger partial charge in [-0.05, 0) is 37.8 Å². The van der Waals surface area contributed by atoms with Crippen LogP contribution >= 0.6 is 11.3 Å². The van der Waals surface area contributed by atoms with Crippen LogP contribution in [0.3, 0.4) is 0 Å². The summed E-state index contributed by atoms with van der Waals surface area (Å²) in [4.78, 5) is 15.1. The Morgan fingerprint density at radius 3 is 2.67 bits per heavy atom. The van der Waals surface area contributed by atoms with Crippen LogP contribution < -0.4 is 5.73 Å². The molecule has 1 atom stereocenters. The summed E-state index contributed by atoms with van der Waals surface area (Å²) in [5.74, 6) is 0.294. The average molecular weight is 263 g/mol. The average Bonchev–Trinajstić information content (AvgIpc) is 2.77. The zero-order chi connectivity index (χ0) is 13.1. The van der Waals surface area contributed by atoms with E-state index in [1.165, 1.54) is 4.88 Å². The van der Waals surface area contributed by atoms with E-state index in [1.54, 1.807) is 16.2 Å². The number of nitrogens with zero attached hydrogens (tertiary/aromatic N) is 2. The maximum absolute atomic E-state index is 11.1. The third-order valence-electron chi connectivity index (χ3n) is 3.53. The van der Waals surface area contributed by atoms with Gasteiger partial charge in [0.15, 0.2) is 0 Å². The number of carbonyl (C=O) groups excluding carboxylic acids is 1. The minimum Gasteiger partial charge on any atom is -0.351 e. The molecule has 0 bridgehead atoms. The molecule has 5 heteroatoms. The molecule has 0 aliphatic carbocycles. The van der Waals surface area contributed by atoms with Crippen molar-refractivity contribution >= 4 is 17.4 Å². The van der Waals surface area contributed by atoms with Crippen LogP contribution in [0.1, 0.15) is 28.5 Å². The van der Waals surface area contributed by atoms with Gasteiger partial charge in [-0.3, -0.25) is 0 Å². The van der Waals surface area contributed by atoms with Gasteiger partial charge in [-0.25, -0.2) is 4.79 Å². The van der Waals surface area contributed by atoms with E-state index in [-0.39, 0.29) is 11.9 Å². The highest BCUT2D eigenvalue weighted by atomic mass is 32.1. The Morgan fingerprint density at radius 1 is 1.56 bits per heavy atom. The number of urea groups is 1. The van der Waals surface area contributed by atoms with E-state index < -0.39 is 0 Å². The van der Waals surface area contributed by atoms with E-state index >= 15 is 0 Å². The molecule has 2 amide bonds. The number of nitrogens with two attached hydrogens (primary N) is 1. The summed E-state index contributed by atoms with van der Waals surface area (Å²) in [5, 5.41) is 9.37. The van der Waals surface area contributed by atoms with Gasteiger partial charge in [0.1, 0.15) is 0 Å². The quantitative estimate of drug-likeness (QED) is 0.890. The van der Waals surface area contributed by atoms with Gasteiger partial charge in [-0.15, -0.1) is 11.3 Å². The van der Waals surface area contributed by atoms with E-state index in [4.69, 9.17) is 5.73 Å². The number of piperidine rings is 1. The largest absolute Gasteiger partial charge is 0.351 e. The predicted octanol–water partition coefficient (Wildman–Crippen LogP) is 2.45. The first-order valence-corrected chi connectivity index (χ1v) is 6.94. The van der Waals surface area contributed by atoms with E-state index in [0.29, 0.717) is 19.0 Å². The van der Waals surface area contributed by atoms with Crippen LogP contribution in [-0.4, -0.2) is 24.0 Å². The Morgan fingerprint density at radius 2 is 2.22 bits per heavy atom. The van der Waals surface area contributed by atoms with E-state index in [1.807, 2.05) is 6.07 Å². The van der Waals surface area contributed by atoms with E-state index in [0.717, 1.165) is 17.7 Å². The van der Waals surface area contributed by atoms with Crippen molar-refractivity contribution in [2.75, 3.05) is 13.1 Å². The van der Waals surface area contributed by atoms with Crippen molar-refractivity contribution in [3.05, 3.63) is 21.9 Å². The monoisotopic (exact) mass is 263 g/mol. The number of primary amides is 1. The molecule has 1 saturated heterocycles. The Labute approximate surface area is 111 Å². The summed E-state index contributed by atoms with van der Waals surface area (Å²) in [7, 11) is 0. The minimum atomic E-state index is -0.353. The molecule has 0 saturated carbocycles. The van der Waals surface area contributed by atoms with Crippen molar-refractivity contribution in [3.8, 4) is 6.07 Å². The SMILES string of the molecule is Cc1ccc(C(C#N)C2CCN(C(N)=O)CC2)s1. The second-order valence-corrected chi connectivity index (χ2v) is 6.04. The summed E-state index contributed by atoms with van der Waals surface area (Å²) in [6.45, 7) is 3.39. The number of carbonyl (C=O) groups is 1. The zero-order valence-corrected chi connectivity index (χ0v) is 11.2. The number of rotatable bonds is 2. The molecule has 18 heavy (non-hydrogen) atoms. The molecular weight excluding hydrogens is 246 g/mol. The third kappa shape index (κ3) is 2.65. The summed E-state index contributed by atoms with van der Waals surface area (Å²) in [6, 6.07) is 6.18. The van der Waals surface area contributed by atoms with Crippen molar-refractivity contribution in [2.45, 2.75) is 25.7 Å². The van der Waals surface area contributed by atoms with Gasteiger partial charge in [0.05, 0.1) is 12.0 Å². The minimum absolute atomic E-state index is 0.0428. The topological polar surface area (TPSA) is 70.1 Å². The Balaban J connectivity index is 2.03. The lowest BCUT2D eigenvalue weighted by molar-refractivity contribution is 0.176. The zero-order valence-electron chi connectivity index (χ0n) is 10.4. The van der Waals surface area contributed by atoms with Crippen LogP contribution in [0, 0.1) is 24.2 Å². The highest BCUT2D eigenvalue weighted by molar-refractivity contribution is 7.12. The predicted molar refractivity (Wildman–Crippen MR) is 71.3 cm³/mol. The van der Waals surface area contributed by atoms with E-state index in [2.05, 4.69) is 19.1 Å². The number of hydrogen-bond acceptors (Lipinski definition) is 3. The first-order chi connectivity index (χ1) is 8.61. The van der Waals surface area contributed by atoms with Crippen molar-refractivity contribution in [1.82, 2.24) is 4.90 Å². The molecular formula is C13H17N3OS. The first kappa shape index (κ1) is 12.9. The van der Waals surface area contributed by atoms with Gasteiger partial charge in [-0.2, -0.15) is 5.26 Å². The molecule has 1 unspecified atom stereocenters. The fraction of sp³-hybridized carbons (Fsp3) is 0.538. The molecule has 0 aromatic carbocycles. The molecule has 2 heterocycles. The fourth-order valence-electron chi connectivity index (χ4n) is 2.48. The van der Waals surface area contributed by atoms with Gasteiger partial charge in [-0.1, -0.05) is 0 Å².